The van der Waals surface area contributed by atoms with Crippen molar-refractivity contribution in [3.05, 3.63) is 17.8 Å². The Morgan fingerprint density at radius 2 is 2.13 bits per heavy atom. The first-order valence-corrected chi connectivity index (χ1v) is 5.69. The minimum Gasteiger partial charge on any atom is -0.447 e. The Labute approximate surface area is 92.3 Å². The van der Waals surface area contributed by atoms with Crippen molar-refractivity contribution in [2.75, 3.05) is 6.54 Å². The fraction of sp³-hybridized carbons (Fsp3) is 0.750. The first kappa shape index (κ1) is 12.2. The van der Waals surface area contributed by atoms with Gasteiger partial charge in [-0.2, -0.15) is 0 Å². The van der Waals surface area contributed by atoms with Gasteiger partial charge in [-0.3, -0.25) is 0 Å². The number of aromatic nitrogens is 1. The van der Waals surface area contributed by atoms with Gasteiger partial charge in [0, 0.05) is 5.41 Å². The quantitative estimate of drug-likeness (QED) is 0.759. The molecule has 1 aromatic heterocycles. The van der Waals surface area contributed by atoms with Gasteiger partial charge < -0.3 is 9.73 Å². The van der Waals surface area contributed by atoms with Crippen molar-refractivity contribution in [2.45, 2.75) is 52.5 Å². The lowest BCUT2D eigenvalue weighted by atomic mass is 9.93. The molecule has 0 saturated heterocycles. The summed E-state index contributed by atoms with van der Waals surface area (Å²) in [7, 11) is 0. The highest BCUT2D eigenvalue weighted by molar-refractivity contribution is 5.08. The molecule has 0 aliphatic heterocycles. The van der Waals surface area contributed by atoms with Crippen LogP contribution in [0.3, 0.4) is 0 Å². The highest BCUT2D eigenvalue weighted by atomic mass is 16.3. The van der Waals surface area contributed by atoms with E-state index in [0.29, 0.717) is 0 Å². The first-order valence-electron chi connectivity index (χ1n) is 5.69. The molecular weight excluding hydrogens is 188 g/mol. The van der Waals surface area contributed by atoms with Crippen molar-refractivity contribution >= 4 is 0 Å². The van der Waals surface area contributed by atoms with Crippen LogP contribution in [0.1, 0.15) is 52.1 Å². The van der Waals surface area contributed by atoms with Crippen LogP contribution in [-0.4, -0.2) is 11.5 Å². The van der Waals surface area contributed by atoms with Gasteiger partial charge in [-0.25, -0.2) is 4.98 Å². The maximum Gasteiger partial charge on any atom is 0.208 e. The molecule has 3 nitrogen and oxygen atoms in total. The van der Waals surface area contributed by atoms with Crippen molar-refractivity contribution in [1.82, 2.24) is 10.3 Å². The third-order valence-corrected chi connectivity index (χ3v) is 2.30. The van der Waals surface area contributed by atoms with Gasteiger partial charge in [0.15, 0.2) is 0 Å². The third kappa shape index (κ3) is 4.04. The predicted molar refractivity (Wildman–Crippen MR) is 61.8 cm³/mol. The summed E-state index contributed by atoms with van der Waals surface area (Å²) in [5.74, 6) is 0.788. The number of rotatable bonds is 5. The molecule has 0 fully saturated rings. The van der Waals surface area contributed by atoms with Gasteiger partial charge in [-0.05, 0) is 13.0 Å². The first-order chi connectivity index (χ1) is 7.04. The Bertz CT molecular complexity index is 286. The second kappa shape index (κ2) is 5.31. The van der Waals surface area contributed by atoms with Crippen LogP contribution in [-0.2, 0) is 12.0 Å². The van der Waals surface area contributed by atoms with Crippen molar-refractivity contribution in [1.29, 1.82) is 0 Å². The molecule has 1 N–H and O–H groups in total. The Morgan fingerprint density at radius 1 is 1.40 bits per heavy atom. The molecule has 1 heterocycles. The Hall–Kier alpha value is -0.830. The molecule has 0 aliphatic rings. The Kier molecular flexibility index (Phi) is 4.33. The van der Waals surface area contributed by atoms with Crippen molar-refractivity contribution < 1.29 is 4.42 Å². The molecule has 3 heteroatoms. The van der Waals surface area contributed by atoms with Crippen LogP contribution in [0, 0.1) is 0 Å². The van der Waals surface area contributed by atoms with E-state index in [1.54, 1.807) is 6.26 Å². The molecule has 0 aromatic carbocycles. The summed E-state index contributed by atoms with van der Waals surface area (Å²) < 4.78 is 5.40. The van der Waals surface area contributed by atoms with Crippen LogP contribution in [0.15, 0.2) is 10.7 Å². The van der Waals surface area contributed by atoms with Crippen LogP contribution in [0.4, 0.5) is 0 Å². The summed E-state index contributed by atoms with van der Waals surface area (Å²) in [5.41, 5.74) is 1.10. The summed E-state index contributed by atoms with van der Waals surface area (Å²) in [6.45, 7) is 10.4. The van der Waals surface area contributed by atoms with E-state index >= 15 is 0 Å². The minimum absolute atomic E-state index is 0.0746. The minimum atomic E-state index is 0.0746. The van der Waals surface area contributed by atoms with E-state index in [0.717, 1.165) is 24.7 Å². The van der Waals surface area contributed by atoms with Crippen molar-refractivity contribution in [2.24, 2.45) is 0 Å². The van der Waals surface area contributed by atoms with Gasteiger partial charge in [0.05, 0.1) is 12.2 Å². The number of nitrogens with one attached hydrogen (secondary N) is 1. The van der Waals surface area contributed by atoms with Gasteiger partial charge in [0.2, 0.25) is 5.89 Å². The van der Waals surface area contributed by atoms with E-state index in [1.165, 1.54) is 12.8 Å². The zero-order valence-electron chi connectivity index (χ0n) is 10.3. The molecule has 86 valence electrons. The van der Waals surface area contributed by atoms with Gasteiger partial charge in [-0.1, -0.05) is 34.1 Å². The highest BCUT2D eigenvalue weighted by Gasteiger charge is 2.18. The molecule has 0 atom stereocenters. The maximum absolute atomic E-state index is 5.40. The van der Waals surface area contributed by atoms with E-state index in [2.05, 4.69) is 38.0 Å². The average Bonchev–Trinajstić information content (AvgIpc) is 2.60. The summed E-state index contributed by atoms with van der Waals surface area (Å²) >= 11 is 0. The summed E-state index contributed by atoms with van der Waals surface area (Å²) in [6.07, 6.45) is 4.18. The van der Waals surface area contributed by atoms with Gasteiger partial charge in [-0.15, -0.1) is 0 Å². The molecule has 0 saturated carbocycles. The topological polar surface area (TPSA) is 38.1 Å². The van der Waals surface area contributed by atoms with Crippen molar-refractivity contribution in [3.8, 4) is 0 Å². The molecule has 15 heavy (non-hydrogen) atoms. The lowest BCUT2D eigenvalue weighted by Gasteiger charge is -2.12. The third-order valence-electron chi connectivity index (χ3n) is 2.30. The molecular formula is C12H22N2O. The average molecular weight is 210 g/mol. The van der Waals surface area contributed by atoms with E-state index in [-0.39, 0.29) is 5.41 Å². The van der Waals surface area contributed by atoms with Crippen LogP contribution in [0.5, 0.6) is 0 Å². The number of unbranched alkanes of at least 4 members (excludes halogenated alkanes) is 1. The zero-order valence-corrected chi connectivity index (χ0v) is 10.3. The summed E-state index contributed by atoms with van der Waals surface area (Å²) in [6, 6.07) is 0. The van der Waals surface area contributed by atoms with Crippen LogP contribution in [0.25, 0.3) is 0 Å². The highest BCUT2D eigenvalue weighted by Crippen LogP contribution is 2.20. The Balaban J connectivity index is 2.40. The summed E-state index contributed by atoms with van der Waals surface area (Å²) in [5, 5.41) is 3.31. The summed E-state index contributed by atoms with van der Waals surface area (Å²) in [4.78, 5) is 4.45. The standard InChI is InChI=1S/C12H22N2O/c1-5-6-7-13-8-11-14-10(9-15-11)12(2,3)4/h9,13H,5-8H2,1-4H3. The van der Waals surface area contributed by atoms with E-state index in [1.807, 2.05) is 0 Å². The van der Waals surface area contributed by atoms with Gasteiger partial charge in [0.25, 0.3) is 0 Å². The van der Waals surface area contributed by atoms with E-state index < -0.39 is 0 Å². The van der Waals surface area contributed by atoms with E-state index in [9.17, 15) is 0 Å². The van der Waals surface area contributed by atoms with Crippen molar-refractivity contribution in [3.63, 3.8) is 0 Å². The van der Waals surface area contributed by atoms with Crippen LogP contribution in [0.2, 0.25) is 0 Å². The zero-order chi connectivity index (χ0) is 11.3. The number of hydrogen-bond donors (Lipinski definition) is 1. The normalized spacial score (nSPS) is 12.0. The van der Waals surface area contributed by atoms with Crippen LogP contribution < -0.4 is 5.32 Å². The lowest BCUT2D eigenvalue weighted by Crippen LogP contribution is -2.16. The van der Waals surface area contributed by atoms with Gasteiger partial charge in [0.1, 0.15) is 6.26 Å². The molecule has 0 aliphatic carbocycles. The largest absolute Gasteiger partial charge is 0.447 e. The second-order valence-corrected chi connectivity index (χ2v) is 4.91. The predicted octanol–water partition coefficient (Wildman–Crippen LogP) is 2.86. The molecule has 1 rings (SSSR count). The maximum atomic E-state index is 5.40. The second-order valence-electron chi connectivity index (χ2n) is 4.91. The smallest absolute Gasteiger partial charge is 0.208 e. The van der Waals surface area contributed by atoms with Crippen LogP contribution >= 0.6 is 0 Å². The fourth-order valence-electron chi connectivity index (χ4n) is 1.23. The fourth-order valence-corrected chi connectivity index (χ4v) is 1.23. The number of nitrogens with zero attached hydrogens (tertiary/aromatic N) is 1. The van der Waals surface area contributed by atoms with E-state index in [4.69, 9.17) is 4.42 Å². The van der Waals surface area contributed by atoms with Gasteiger partial charge >= 0.3 is 0 Å². The number of oxazole rings is 1. The molecule has 0 radical (unpaired) electrons. The molecule has 0 bridgehead atoms. The molecule has 0 unspecified atom stereocenters. The number of hydrogen-bond acceptors (Lipinski definition) is 3. The monoisotopic (exact) mass is 210 g/mol. The molecule has 0 spiro atoms. The lowest BCUT2D eigenvalue weighted by molar-refractivity contribution is 0.465. The Morgan fingerprint density at radius 3 is 2.67 bits per heavy atom. The molecule has 1 aromatic rings. The SMILES string of the molecule is CCCCNCc1nc(C(C)(C)C)co1. The molecule has 0 amide bonds.